The molecule has 0 spiro atoms. The van der Waals surface area contributed by atoms with Crippen molar-refractivity contribution in [2.24, 2.45) is 11.5 Å². The van der Waals surface area contributed by atoms with E-state index in [4.69, 9.17) is 16.9 Å². The molecule has 0 aliphatic rings. The molecule has 180 valence electrons. The number of rotatable bonds is 9. The molecule has 0 saturated carbocycles. The Morgan fingerprint density at radius 1 is 1.06 bits per heavy atom. The van der Waals surface area contributed by atoms with Gasteiger partial charge >= 0.3 is 0 Å². The van der Waals surface area contributed by atoms with E-state index in [1.54, 1.807) is 30.3 Å². The van der Waals surface area contributed by atoms with Gasteiger partial charge in [-0.1, -0.05) is 36.4 Å². The Hall–Kier alpha value is -3.64. The number of nitrogens with zero attached hydrogens (tertiary/aromatic N) is 1. The molecule has 0 radical (unpaired) electrons. The molecule has 0 aliphatic carbocycles. The fourth-order valence-corrected chi connectivity index (χ4v) is 5.87. The molecular formula is C24H24N6O3S2. The summed E-state index contributed by atoms with van der Waals surface area (Å²) in [5.74, 6) is -0.495. The molecule has 0 bridgehead atoms. The number of para-hydroxylation sites is 1. The highest BCUT2D eigenvalue weighted by Crippen LogP contribution is 2.30. The van der Waals surface area contributed by atoms with Crippen molar-refractivity contribution in [3.05, 3.63) is 88.9 Å². The summed E-state index contributed by atoms with van der Waals surface area (Å²) in [6.07, 6.45) is 0.295. The van der Waals surface area contributed by atoms with E-state index >= 15 is 0 Å². The normalized spacial score (nSPS) is 12.4. The average molecular weight is 509 g/mol. The van der Waals surface area contributed by atoms with Gasteiger partial charge in [0.25, 0.3) is 0 Å². The lowest BCUT2D eigenvalue weighted by atomic mass is 10.0. The molecule has 11 heteroatoms. The van der Waals surface area contributed by atoms with Gasteiger partial charge in [-0.05, 0) is 48.4 Å². The van der Waals surface area contributed by atoms with Gasteiger partial charge in [-0.3, -0.25) is 10.2 Å². The topological polar surface area (TPSA) is 164 Å². The Morgan fingerprint density at radius 2 is 1.83 bits per heavy atom. The van der Waals surface area contributed by atoms with E-state index < -0.39 is 22.0 Å². The highest BCUT2D eigenvalue weighted by Gasteiger charge is 2.25. The maximum Gasteiger partial charge on any atom is 0.241 e. The van der Waals surface area contributed by atoms with Crippen molar-refractivity contribution >= 4 is 49.0 Å². The standard InChI is InChI=1S/C24H24N6O3S2/c25-14-22(31)28-17-7-4-8-18(13-17)35(32,33)30-20(12-15-5-3-6-16(11-15)23(26)27)24-29-19-9-1-2-10-21(19)34-24/h1-11,13,20,30H,12,14,25H2,(H3,26,27)(H,28,31)/t20-/m1/s1. The molecule has 3 aromatic carbocycles. The van der Waals surface area contributed by atoms with E-state index in [1.807, 2.05) is 30.3 Å². The zero-order valence-electron chi connectivity index (χ0n) is 18.6. The van der Waals surface area contributed by atoms with Crippen LogP contribution in [0.4, 0.5) is 5.69 Å². The quantitative estimate of drug-likeness (QED) is 0.172. The van der Waals surface area contributed by atoms with E-state index in [0.717, 1.165) is 15.8 Å². The zero-order valence-corrected chi connectivity index (χ0v) is 20.2. The number of carbonyl (C=O) groups excluding carboxylic acids is 1. The van der Waals surface area contributed by atoms with E-state index in [1.165, 1.54) is 23.5 Å². The summed E-state index contributed by atoms with van der Waals surface area (Å²) in [6.45, 7) is -0.214. The number of benzene rings is 3. The van der Waals surface area contributed by atoms with Crippen LogP contribution >= 0.6 is 11.3 Å². The first kappa shape index (κ1) is 24.5. The summed E-state index contributed by atoms with van der Waals surface area (Å²) in [5.41, 5.74) is 13.4. The smallest absolute Gasteiger partial charge is 0.241 e. The van der Waals surface area contributed by atoms with Crippen molar-refractivity contribution in [1.82, 2.24) is 9.71 Å². The summed E-state index contributed by atoms with van der Waals surface area (Å²) < 4.78 is 30.5. The average Bonchev–Trinajstić information content (AvgIpc) is 3.28. The van der Waals surface area contributed by atoms with Crippen LogP contribution in [-0.2, 0) is 21.2 Å². The number of sulfonamides is 1. The molecule has 0 fully saturated rings. The molecule has 4 rings (SSSR count). The number of amides is 1. The number of hydrogen-bond acceptors (Lipinski definition) is 7. The largest absolute Gasteiger partial charge is 0.384 e. The molecule has 35 heavy (non-hydrogen) atoms. The second-order valence-electron chi connectivity index (χ2n) is 7.79. The first-order chi connectivity index (χ1) is 16.7. The molecule has 1 aromatic heterocycles. The summed E-state index contributed by atoms with van der Waals surface area (Å²) in [7, 11) is -3.99. The number of anilines is 1. The van der Waals surface area contributed by atoms with Gasteiger partial charge in [0.2, 0.25) is 15.9 Å². The fraction of sp³-hybridized carbons (Fsp3) is 0.125. The summed E-state index contributed by atoms with van der Waals surface area (Å²) in [5, 5.41) is 10.9. The molecular weight excluding hydrogens is 484 g/mol. The van der Waals surface area contributed by atoms with Gasteiger partial charge in [-0.15, -0.1) is 11.3 Å². The number of fused-ring (bicyclic) bond motifs is 1. The van der Waals surface area contributed by atoms with E-state index in [-0.39, 0.29) is 17.3 Å². The minimum absolute atomic E-state index is 0.00378. The Bertz CT molecular complexity index is 1470. The van der Waals surface area contributed by atoms with E-state index in [9.17, 15) is 13.2 Å². The Kier molecular flexibility index (Phi) is 7.22. The van der Waals surface area contributed by atoms with Crippen molar-refractivity contribution in [2.75, 3.05) is 11.9 Å². The molecule has 7 N–H and O–H groups in total. The van der Waals surface area contributed by atoms with Gasteiger partial charge in [0.05, 0.1) is 27.7 Å². The number of amidine groups is 1. The minimum atomic E-state index is -3.99. The molecule has 0 saturated heterocycles. The third kappa shape index (κ3) is 5.89. The first-order valence-electron chi connectivity index (χ1n) is 10.7. The van der Waals surface area contributed by atoms with E-state index in [0.29, 0.717) is 22.7 Å². The van der Waals surface area contributed by atoms with Crippen molar-refractivity contribution in [1.29, 1.82) is 5.41 Å². The molecule has 4 aromatic rings. The molecule has 1 amide bonds. The number of thiazole rings is 1. The van der Waals surface area contributed by atoms with E-state index in [2.05, 4.69) is 15.0 Å². The van der Waals surface area contributed by atoms with Crippen LogP contribution in [0.15, 0.2) is 77.7 Å². The Balaban J connectivity index is 1.69. The zero-order chi connectivity index (χ0) is 25.0. The molecule has 1 heterocycles. The number of nitrogen functional groups attached to an aromatic ring is 1. The van der Waals surface area contributed by atoms with Crippen LogP contribution in [0, 0.1) is 5.41 Å². The summed E-state index contributed by atoms with van der Waals surface area (Å²) in [4.78, 5) is 16.3. The maximum absolute atomic E-state index is 13.4. The second kappa shape index (κ2) is 10.3. The molecule has 0 aliphatic heterocycles. The SMILES string of the molecule is N=C(N)c1cccc(C[C@@H](NS(=O)(=O)c2cccc(NC(=O)CN)c2)c2nc3ccccc3s2)c1. The van der Waals surface area contributed by atoms with Crippen LogP contribution < -0.4 is 21.5 Å². The van der Waals surface area contributed by atoms with Gasteiger partial charge in [-0.2, -0.15) is 0 Å². The number of hydrogen-bond donors (Lipinski definition) is 5. The lowest BCUT2D eigenvalue weighted by Gasteiger charge is -2.18. The third-order valence-corrected chi connectivity index (χ3v) is 7.82. The highest BCUT2D eigenvalue weighted by molar-refractivity contribution is 7.89. The van der Waals surface area contributed by atoms with Crippen molar-refractivity contribution in [3.63, 3.8) is 0 Å². The van der Waals surface area contributed by atoms with Crippen molar-refractivity contribution in [2.45, 2.75) is 17.4 Å². The van der Waals surface area contributed by atoms with Gasteiger partial charge in [-0.25, -0.2) is 18.1 Å². The summed E-state index contributed by atoms with van der Waals surface area (Å²) in [6, 6.07) is 20.0. The van der Waals surface area contributed by atoms with Gasteiger partial charge in [0.1, 0.15) is 10.8 Å². The van der Waals surface area contributed by atoms with Crippen molar-refractivity contribution in [3.8, 4) is 0 Å². The lowest BCUT2D eigenvalue weighted by molar-refractivity contribution is -0.114. The number of aromatic nitrogens is 1. The lowest BCUT2D eigenvalue weighted by Crippen LogP contribution is -2.30. The van der Waals surface area contributed by atoms with Crippen LogP contribution in [0.3, 0.4) is 0 Å². The third-order valence-electron chi connectivity index (χ3n) is 5.20. The van der Waals surface area contributed by atoms with Crippen LogP contribution in [0.1, 0.15) is 22.2 Å². The highest BCUT2D eigenvalue weighted by atomic mass is 32.2. The van der Waals surface area contributed by atoms with Crippen LogP contribution in [0.25, 0.3) is 10.2 Å². The van der Waals surface area contributed by atoms with Gasteiger partial charge in [0.15, 0.2) is 0 Å². The van der Waals surface area contributed by atoms with Crippen LogP contribution in [0.5, 0.6) is 0 Å². The van der Waals surface area contributed by atoms with Gasteiger partial charge < -0.3 is 16.8 Å². The number of nitrogens with two attached hydrogens (primary N) is 2. The molecule has 1 atom stereocenters. The number of carbonyl (C=O) groups is 1. The van der Waals surface area contributed by atoms with Crippen molar-refractivity contribution < 1.29 is 13.2 Å². The van der Waals surface area contributed by atoms with Crippen LogP contribution in [-0.4, -0.2) is 31.7 Å². The summed E-state index contributed by atoms with van der Waals surface area (Å²) >= 11 is 1.41. The predicted octanol–water partition coefficient (Wildman–Crippen LogP) is 2.74. The Labute approximate surface area is 206 Å². The molecule has 0 unspecified atom stereocenters. The maximum atomic E-state index is 13.4. The fourth-order valence-electron chi connectivity index (χ4n) is 3.53. The van der Waals surface area contributed by atoms with Crippen LogP contribution in [0.2, 0.25) is 0 Å². The second-order valence-corrected chi connectivity index (χ2v) is 10.6. The van der Waals surface area contributed by atoms with Gasteiger partial charge in [0, 0.05) is 11.3 Å². The Morgan fingerprint density at radius 3 is 2.57 bits per heavy atom. The monoisotopic (exact) mass is 508 g/mol. The minimum Gasteiger partial charge on any atom is -0.384 e. The number of nitrogens with one attached hydrogen (secondary N) is 3. The molecule has 9 nitrogen and oxygen atoms in total. The first-order valence-corrected chi connectivity index (χ1v) is 13.0. The predicted molar refractivity (Wildman–Crippen MR) is 138 cm³/mol.